The number of rotatable bonds is 4. The monoisotopic (exact) mass is 299 g/mol. The van der Waals surface area contributed by atoms with Crippen LogP contribution in [0.2, 0.25) is 5.02 Å². The molecule has 0 aromatic heterocycles. The molecule has 0 bridgehead atoms. The van der Waals surface area contributed by atoms with Gasteiger partial charge in [-0.2, -0.15) is 0 Å². The summed E-state index contributed by atoms with van der Waals surface area (Å²) in [6.07, 6.45) is 0. The number of carbonyl (C=O) groups is 1. The molecule has 1 N–H and O–H groups in total. The molecule has 0 radical (unpaired) electrons. The molecule has 1 heterocycles. The fraction of sp³-hybridized carbons (Fsp3) is 0.500. The maximum Gasteiger partial charge on any atom is 0.238 e. The van der Waals surface area contributed by atoms with Gasteiger partial charge in [0.15, 0.2) is 0 Å². The van der Waals surface area contributed by atoms with E-state index in [-0.39, 0.29) is 10.9 Å². The number of benzene rings is 1. The number of amides is 1. The van der Waals surface area contributed by atoms with Gasteiger partial charge in [0.25, 0.3) is 0 Å². The molecule has 1 aromatic carbocycles. The summed E-state index contributed by atoms with van der Waals surface area (Å²) in [4.78, 5) is 16.4. The Bertz CT molecular complexity index is 475. The van der Waals surface area contributed by atoms with E-state index in [4.69, 9.17) is 11.6 Å². The van der Waals surface area contributed by atoms with Gasteiger partial charge in [-0.3, -0.25) is 9.69 Å². The lowest BCUT2D eigenvalue weighted by Gasteiger charge is -2.33. The third-order valence-electron chi connectivity index (χ3n) is 3.48. The molecule has 1 amide bonds. The third kappa shape index (κ3) is 4.16. The predicted molar refractivity (Wildman–Crippen MR) is 78.6 cm³/mol. The first-order chi connectivity index (χ1) is 9.58. The molecule has 0 spiro atoms. The number of anilines is 1. The van der Waals surface area contributed by atoms with Gasteiger partial charge in [-0.05, 0) is 24.7 Å². The molecule has 1 aliphatic rings. The first-order valence-electron chi connectivity index (χ1n) is 6.78. The van der Waals surface area contributed by atoms with Crippen LogP contribution in [0.15, 0.2) is 18.2 Å². The summed E-state index contributed by atoms with van der Waals surface area (Å²) in [6.45, 7) is 7.32. The van der Waals surface area contributed by atoms with Crippen molar-refractivity contribution in [2.45, 2.75) is 6.92 Å². The number of likely N-dealkylation sites (N-methyl/N-ethyl adjacent to an activating group) is 1. The second-order valence-electron chi connectivity index (χ2n) is 4.89. The Morgan fingerprint density at radius 1 is 1.30 bits per heavy atom. The van der Waals surface area contributed by atoms with E-state index in [2.05, 4.69) is 22.0 Å². The first-order valence-corrected chi connectivity index (χ1v) is 7.16. The lowest BCUT2D eigenvalue weighted by atomic mass is 10.3. The third-order valence-corrected chi connectivity index (χ3v) is 3.77. The number of nitrogens with zero attached hydrogens (tertiary/aromatic N) is 2. The molecule has 110 valence electrons. The van der Waals surface area contributed by atoms with E-state index >= 15 is 0 Å². The summed E-state index contributed by atoms with van der Waals surface area (Å²) in [6, 6.07) is 4.18. The fourth-order valence-electron chi connectivity index (χ4n) is 2.24. The topological polar surface area (TPSA) is 35.6 Å². The molecule has 1 aliphatic heterocycles. The van der Waals surface area contributed by atoms with E-state index in [0.717, 1.165) is 32.7 Å². The average molecular weight is 300 g/mol. The van der Waals surface area contributed by atoms with Gasteiger partial charge >= 0.3 is 0 Å². The second kappa shape index (κ2) is 7.02. The molecule has 4 nitrogen and oxygen atoms in total. The number of hydrogen-bond donors (Lipinski definition) is 1. The maximum absolute atomic E-state index is 13.0. The molecule has 1 aromatic rings. The van der Waals surface area contributed by atoms with Crippen LogP contribution in [0.25, 0.3) is 0 Å². The summed E-state index contributed by atoms with van der Waals surface area (Å²) < 4.78 is 13.0. The lowest BCUT2D eigenvalue weighted by Crippen LogP contribution is -2.48. The number of piperazine rings is 1. The summed E-state index contributed by atoms with van der Waals surface area (Å²) >= 11 is 5.68. The fourth-order valence-corrected chi connectivity index (χ4v) is 2.42. The van der Waals surface area contributed by atoms with Crippen LogP contribution in [-0.2, 0) is 4.79 Å². The normalized spacial score (nSPS) is 17.1. The van der Waals surface area contributed by atoms with E-state index in [0.29, 0.717) is 12.2 Å². The van der Waals surface area contributed by atoms with Crippen molar-refractivity contribution in [1.29, 1.82) is 0 Å². The van der Waals surface area contributed by atoms with Crippen LogP contribution in [-0.4, -0.2) is 55.0 Å². The van der Waals surface area contributed by atoms with Crippen molar-refractivity contribution in [3.05, 3.63) is 29.0 Å². The molecular formula is C14H19ClFN3O. The van der Waals surface area contributed by atoms with Crippen molar-refractivity contribution >= 4 is 23.2 Å². The SMILES string of the molecule is CCN1CCN(CC(=O)Nc2ccc(F)c(Cl)c2)CC1. The van der Waals surface area contributed by atoms with Crippen LogP contribution in [0.3, 0.4) is 0 Å². The van der Waals surface area contributed by atoms with Gasteiger partial charge in [-0.25, -0.2) is 4.39 Å². The van der Waals surface area contributed by atoms with Crippen molar-refractivity contribution in [2.75, 3.05) is 44.6 Å². The highest BCUT2D eigenvalue weighted by Crippen LogP contribution is 2.19. The number of carbonyl (C=O) groups excluding carboxylic acids is 1. The molecule has 20 heavy (non-hydrogen) atoms. The highest BCUT2D eigenvalue weighted by Gasteiger charge is 2.17. The maximum atomic E-state index is 13.0. The molecule has 0 atom stereocenters. The molecule has 0 saturated carbocycles. The lowest BCUT2D eigenvalue weighted by molar-refractivity contribution is -0.117. The van der Waals surface area contributed by atoms with Crippen LogP contribution in [0, 0.1) is 5.82 Å². The second-order valence-corrected chi connectivity index (χ2v) is 5.29. The van der Waals surface area contributed by atoms with Gasteiger partial charge in [-0.1, -0.05) is 18.5 Å². The van der Waals surface area contributed by atoms with Gasteiger partial charge in [0.1, 0.15) is 5.82 Å². The number of nitrogens with one attached hydrogen (secondary N) is 1. The minimum Gasteiger partial charge on any atom is -0.325 e. The zero-order valence-electron chi connectivity index (χ0n) is 11.5. The standard InChI is InChI=1S/C14H19ClFN3O/c1-2-18-5-7-19(8-6-18)10-14(20)17-11-3-4-13(16)12(15)9-11/h3-4,9H,2,5-8,10H2,1H3,(H,17,20). The molecule has 0 aliphatic carbocycles. The Morgan fingerprint density at radius 2 is 1.95 bits per heavy atom. The van der Waals surface area contributed by atoms with E-state index in [9.17, 15) is 9.18 Å². The number of halogens is 2. The van der Waals surface area contributed by atoms with Crippen molar-refractivity contribution in [1.82, 2.24) is 9.80 Å². The minimum atomic E-state index is -0.486. The van der Waals surface area contributed by atoms with E-state index in [1.54, 1.807) is 0 Å². The van der Waals surface area contributed by atoms with Gasteiger partial charge in [-0.15, -0.1) is 0 Å². The molecule has 1 saturated heterocycles. The Morgan fingerprint density at radius 3 is 2.55 bits per heavy atom. The highest BCUT2D eigenvalue weighted by atomic mass is 35.5. The van der Waals surface area contributed by atoms with Crippen molar-refractivity contribution in [3.63, 3.8) is 0 Å². The molecule has 2 rings (SSSR count). The van der Waals surface area contributed by atoms with Crippen LogP contribution in [0.1, 0.15) is 6.92 Å². The van der Waals surface area contributed by atoms with E-state index in [1.165, 1.54) is 18.2 Å². The van der Waals surface area contributed by atoms with Crippen LogP contribution < -0.4 is 5.32 Å². The Balaban J connectivity index is 1.82. The van der Waals surface area contributed by atoms with E-state index in [1.807, 2.05) is 0 Å². The Labute approximate surface area is 123 Å². The van der Waals surface area contributed by atoms with Gasteiger partial charge in [0.2, 0.25) is 5.91 Å². The average Bonchev–Trinajstić information content (AvgIpc) is 2.44. The highest BCUT2D eigenvalue weighted by molar-refractivity contribution is 6.31. The molecule has 1 fully saturated rings. The summed E-state index contributed by atoms with van der Waals surface area (Å²) in [5.74, 6) is -0.585. The van der Waals surface area contributed by atoms with Gasteiger partial charge in [0.05, 0.1) is 11.6 Å². The zero-order chi connectivity index (χ0) is 14.5. The van der Waals surface area contributed by atoms with Crippen molar-refractivity contribution in [2.24, 2.45) is 0 Å². The summed E-state index contributed by atoms with van der Waals surface area (Å²) in [5.41, 5.74) is 0.522. The Hall–Kier alpha value is -1.17. The largest absolute Gasteiger partial charge is 0.325 e. The van der Waals surface area contributed by atoms with E-state index < -0.39 is 5.82 Å². The summed E-state index contributed by atoms with van der Waals surface area (Å²) in [5, 5.41) is 2.75. The van der Waals surface area contributed by atoms with Crippen LogP contribution >= 0.6 is 11.6 Å². The van der Waals surface area contributed by atoms with Crippen LogP contribution in [0.5, 0.6) is 0 Å². The summed E-state index contributed by atoms with van der Waals surface area (Å²) in [7, 11) is 0. The number of hydrogen-bond acceptors (Lipinski definition) is 3. The quantitative estimate of drug-likeness (QED) is 0.924. The predicted octanol–water partition coefficient (Wildman–Crippen LogP) is 2.06. The van der Waals surface area contributed by atoms with Crippen molar-refractivity contribution in [3.8, 4) is 0 Å². The van der Waals surface area contributed by atoms with Crippen molar-refractivity contribution < 1.29 is 9.18 Å². The molecular weight excluding hydrogens is 281 g/mol. The minimum absolute atomic E-state index is 0.0133. The smallest absolute Gasteiger partial charge is 0.238 e. The van der Waals surface area contributed by atoms with Crippen LogP contribution in [0.4, 0.5) is 10.1 Å². The molecule has 0 unspecified atom stereocenters. The van der Waals surface area contributed by atoms with Gasteiger partial charge < -0.3 is 10.2 Å². The zero-order valence-corrected chi connectivity index (χ0v) is 12.3. The first kappa shape index (κ1) is 15.2. The van der Waals surface area contributed by atoms with Gasteiger partial charge in [0, 0.05) is 31.9 Å². The molecule has 6 heteroatoms. The Kier molecular flexibility index (Phi) is 5.34.